The van der Waals surface area contributed by atoms with Crippen molar-refractivity contribution in [2.45, 2.75) is 36.7 Å². The van der Waals surface area contributed by atoms with Crippen LogP contribution in [-0.4, -0.2) is 23.0 Å². The van der Waals surface area contributed by atoms with Gasteiger partial charge in [0.1, 0.15) is 5.84 Å². The molecule has 2 nitrogen and oxygen atoms in total. The fourth-order valence-corrected chi connectivity index (χ4v) is 3.96. The van der Waals surface area contributed by atoms with Crippen molar-refractivity contribution in [1.82, 2.24) is 4.90 Å². The Bertz CT molecular complexity index is 509. The highest BCUT2D eigenvalue weighted by molar-refractivity contribution is 7.98. The molecule has 4 rings (SSSR count). The molecule has 1 aromatic rings. The summed E-state index contributed by atoms with van der Waals surface area (Å²) in [5, 5.41) is 0. The van der Waals surface area contributed by atoms with Crippen molar-refractivity contribution < 1.29 is 0 Å². The molecule has 2 heterocycles. The molecule has 3 heteroatoms. The van der Waals surface area contributed by atoms with E-state index in [2.05, 4.69) is 29.4 Å². The van der Waals surface area contributed by atoms with E-state index in [0.717, 1.165) is 18.5 Å². The minimum Gasteiger partial charge on any atom is -0.352 e. The van der Waals surface area contributed by atoms with Crippen LogP contribution in [0.1, 0.15) is 24.8 Å². The van der Waals surface area contributed by atoms with Gasteiger partial charge in [0.05, 0.1) is 5.69 Å². The third-order valence-electron chi connectivity index (χ3n) is 4.37. The van der Waals surface area contributed by atoms with Crippen LogP contribution >= 0.6 is 11.8 Å². The highest BCUT2D eigenvalue weighted by Gasteiger charge is 2.44. The summed E-state index contributed by atoms with van der Waals surface area (Å²) in [7, 11) is 0. The number of rotatable bonds is 1. The first kappa shape index (κ1) is 10.0. The smallest absolute Gasteiger partial charge is 0.109 e. The van der Waals surface area contributed by atoms with E-state index in [9.17, 15) is 0 Å². The normalized spacial score (nSPS) is 29.0. The summed E-state index contributed by atoms with van der Waals surface area (Å²) in [6, 6.07) is 7.48. The Morgan fingerprint density at radius 3 is 3.18 bits per heavy atom. The second-order valence-corrected chi connectivity index (χ2v) is 6.14. The molecule has 0 radical (unpaired) electrons. The van der Waals surface area contributed by atoms with Crippen LogP contribution in [0.15, 0.2) is 28.1 Å². The lowest BCUT2D eigenvalue weighted by atomic mass is 10.0. The van der Waals surface area contributed by atoms with Gasteiger partial charge in [0.2, 0.25) is 0 Å². The molecule has 2 aliphatic heterocycles. The average molecular weight is 244 g/mol. The van der Waals surface area contributed by atoms with Gasteiger partial charge in [-0.05, 0) is 49.3 Å². The molecule has 0 spiro atoms. The lowest BCUT2D eigenvalue weighted by Crippen LogP contribution is -2.38. The summed E-state index contributed by atoms with van der Waals surface area (Å²) in [5.74, 6) is 2.14. The summed E-state index contributed by atoms with van der Waals surface area (Å²) in [5.41, 5.74) is 2.62. The Balaban J connectivity index is 1.79. The Hall–Kier alpha value is -0.960. The number of hydrogen-bond acceptors (Lipinski definition) is 3. The van der Waals surface area contributed by atoms with Gasteiger partial charge in [-0.25, -0.2) is 4.99 Å². The minimum absolute atomic E-state index is 0.758. The van der Waals surface area contributed by atoms with Crippen molar-refractivity contribution >= 4 is 23.3 Å². The highest BCUT2D eigenvalue weighted by Crippen LogP contribution is 2.44. The molecule has 2 fully saturated rings. The molecule has 1 aromatic carbocycles. The van der Waals surface area contributed by atoms with Crippen molar-refractivity contribution in [3.63, 3.8) is 0 Å². The first-order valence-electron chi connectivity index (χ1n) is 6.37. The van der Waals surface area contributed by atoms with E-state index in [1.165, 1.54) is 41.2 Å². The third kappa shape index (κ3) is 1.38. The van der Waals surface area contributed by atoms with Crippen LogP contribution in [0.2, 0.25) is 0 Å². The van der Waals surface area contributed by atoms with Crippen molar-refractivity contribution in [1.29, 1.82) is 0 Å². The van der Waals surface area contributed by atoms with E-state index in [1.807, 2.05) is 11.8 Å². The van der Waals surface area contributed by atoms with E-state index in [4.69, 9.17) is 4.99 Å². The van der Waals surface area contributed by atoms with Crippen LogP contribution in [0.4, 0.5) is 5.69 Å². The van der Waals surface area contributed by atoms with E-state index < -0.39 is 0 Å². The van der Waals surface area contributed by atoms with Gasteiger partial charge in [-0.1, -0.05) is 0 Å². The molecule has 1 saturated heterocycles. The number of thioether (sulfide) groups is 1. The zero-order valence-corrected chi connectivity index (χ0v) is 10.8. The second-order valence-electron chi connectivity index (χ2n) is 5.26. The number of nitrogens with zero attached hydrogens (tertiary/aromatic N) is 2. The SMILES string of the molecule is CSc1ccc2c(c1)CN1C(=N2)C2CCC1C2. The Labute approximate surface area is 106 Å². The zero-order valence-electron chi connectivity index (χ0n) is 10.0. The molecule has 88 valence electrons. The maximum Gasteiger partial charge on any atom is 0.109 e. The van der Waals surface area contributed by atoms with Crippen molar-refractivity contribution in [2.24, 2.45) is 10.9 Å². The molecule has 2 unspecified atom stereocenters. The zero-order chi connectivity index (χ0) is 11.4. The van der Waals surface area contributed by atoms with Crippen LogP contribution in [-0.2, 0) is 6.54 Å². The van der Waals surface area contributed by atoms with Gasteiger partial charge in [-0.3, -0.25) is 0 Å². The summed E-state index contributed by atoms with van der Waals surface area (Å²) in [6.07, 6.45) is 6.22. The lowest BCUT2D eigenvalue weighted by molar-refractivity contribution is 0.317. The molecular formula is C14H16N2S. The molecular weight excluding hydrogens is 228 g/mol. The van der Waals surface area contributed by atoms with Crippen molar-refractivity contribution in [2.75, 3.05) is 6.26 Å². The Morgan fingerprint density at radius 1 is 1.35 bits per heavy atom. The maximum absolute atomic E-state index is 4.90. The van der Waals surface area contributed by atoms with Crippen molar-refractivity contribution in [3.05, 3.63) is 23.8 Å². The van der Waals surface area contributed by atoms with Gasteiger partial charge in [0.15, 0.2) is 0 Å². The predicted molar refractivity (Wildman–Crippen MR) is 72.0 cm³/mol. The first-order chi connectivity index (χ1) is 8.35. The molecule has 1 saturated carbocycles. The molecule has 2 atom stereocenters. The van der Waals surface area contributed by atoms with Crippen LogP contribution in [0.5, 0.6) is 0 Å². The lowest BCUT2D eigenvalue weighted by Gasteiger charge is -2.34. The summed E-state index contributed by atoms with van der Waals surface area (Å²) >= 11 is 1.82. The summed E-state index contributed by atoms with van der Waals surface area (Å²) in [4.78, 5) is 8.81. The second kappa shape index (κ2) is 3.52. The molecule has 2 bridgehead atoms. The van der Waals surface area contributed by atoms with Crippen LogP contribution in [0, 0.1) is 5.92 Å². The number of aliphatic imine (C=N–C) groups is 1. The maximum atomic E-state index is 4.90. The quantitative estimate of drug-likeness (QED) is 0.703. The standard InChI is InChI=1S/C14H16N2S/c1-17-12-4-5-13-10(7-12)8-16-11-3-2-9(6-11)14(16)15-13/h4-5,7,9,11H,2-3,6,8H2,1H3. The van der Waals surface area contributed by atoms with E-state index in [0.29, 0.717) is 0 Å². The summed E-state index contributed by atoms with van der Waals surface area (Å²) in [6.45, 7) is 1.09. The average Bonchev–Trinajstić information content (AvgIpc) is 2.97. The highest BCUT2D eigenvalue weighted by atomic mass is 32.2. The monoisotopic (exact) mass is 244 g/mol. The topological polar surface area (TPSA) is 15.6 Å². The minimum atomic E-state index is 0.758. The molecule has 0 amide bonds. The molecule has 3 aliphatic rings. The number of fused-ring (bicyclic) bond motifs is 6. The first-order valence-corrected chi connectivity index (χ1v) is 7.60. The molecule has 0 N–H and O–H groups in total. The number of piperidine rings is 1. The van der Waals surface area contributed by atoms with Crippen LogP contribution in [0.25, 0.3) is 0 Å². The summed E-state index contributed by atoms with van der Waals surface area (Å²) < 4.78 is 0. The van der Waals surface area contributed by atoms with Gasteiger partial charge >= 0.3 is 0 Å². The van der Waals surface area contributed by atoms with Gasteiger partial charge in [0, 0.05) is 23.4 Å². The van der Waals surface area contributed by atoms with E-state index in [1.54, 1.807) is 0 Å². The van der Waals surface area contributed by atoms with Gasteiger partial charge < -0.3 is 4.90 Å². The van der Waals surface area contributed by atoms with E-state index in [-0.39, 0.29) is 0 Å². The largest absolute Gasteiger partial charge is 0.352 e. The number of hydrogen-bond donors (Lipinski definition) is 0. The molecule has 17 heavy (non-hydrogen) atoms. The molecule has 0 aromatic heterocycles. The Kier molecular flexibility index (Phi) is 2.07. The number of benzene rings is 1. The number of amidine groups is 1. The van der Waals surface area contributed by atoms with Gasteiger partial charge in [-0.15, -0.1) is 11.8 Å². The van der Waals surface area contributed by atoms with Crippen LogP contribution in [0.3, 0.4) is 0 Å². The fraction of sp³-hybridized carbons (Fsp3) is 0.500. The molecule has 1 aliphatic carbocycles. The Morgan fingerprint density at radius 2 is 2.29 bits per heavy atom. The third-order valence-corrected chi connectivity index (χ3v) is 5.09. The fourth-order valence-electron chi connectivity index (χ4n) is 3.49. The predicted octanol–water partition coefficient (Wildman–Crippen LogP) is 3.44. The van der Waals surface area contributed by atoms with Crippen LogP contribution < -0.4 is 0 Å². The van der Waals surface area contributed by atoms with E-state index >= 15 is 0 Å². The van der Waals surface area contributed by atoms with Crippen molar-refractivity contribution in [3.8, 4) is 0 Å². The van der Waals surface area contributed by atoms with Gasteiger partial charge in [0.25, 0.3) is 0 Å². The van der Waals surface area contributed by atoms with Gasteiger partial charge in [-0.2, -0.15) is 0 Å².